The molecule has 0 saturated carbocycles. The molecule has 15 heavy (non-hydrogen) atoms. The third-order valence-corrected chi connectivity index (χ3v) is 2.21. The van der Waals surface area contributed by atoms with Gasteiger partial charge < -0.3 is 21.7 Å². The van der Waals surface area contributed by atoms with Crippen molar-refractivity contribution in [1.29, 1.82) is 0 Å². The summed E-state index contributed by atoms with van der Waals surface area (Å²) in [6, 6.07) is -0.633. The van der Waals surface area contributed by atoms with Gasteiger partial charge in [-0.1, -0.05) is 0 Å². The maximum Gasteiger partial charge on any atom is 0.237 e. The Hall–Kier alpha value is -1.14. The molecule has 0 heterocycles. The molecule has 0 aromatic heterocycles. The van der Waals surface area contributed by atoms with E-state index in [9.17, 15) is 9.59 Å². The number of carbonyl (C=O) groups excluding carboxylic acids is 2. The van der Waals surface area contributed by atoms with Gasteiger partial charge in [0.15, 0.2) is 0 Å². The SMILES string of the molecule is CC(CNC(=O)C(N)CC(N)=O)N(C)C. The van der Waals surface area contributed by atoms with E-state index in [0.717, 1.165) is 0 Å². The summed E-state index contributed by atoms with van der Waals surface area (Å²) in [5, 5.41) is 2.66. The van der Waals surface area contributed by atoms with Crippen LogP contribution in [-0.4, -0.2) is 49.4 Å². The van der Waals surface area contributed by atoms with Gasteiger partial charge in [0.1, 0.15) is 0 Å². The highest BCUT2D eigenvalue weighted by Gasteiger charge is 2.16. The summed E-state index contributed by atoms with van der Waals surface area (Å²) in [4.78, 5) is 23.8. The van der Waals surface area contributed by atoms with Crippen LogP contribution < -0.4 is 16.8 Å². The Labute approximate surface area is 90.0 Å². The van der Waals surface area contributed by atoms with Gasteiger partial charge in [0.05, 0.1) is 12.5 Å². The van der Waals surface area contributed by atoms with Crippen molar-refractivity contribution >= 4 is 11.8 Å². The molecule has 6 heteroatoms. The molecule has 0 bridgehead atoms. The number of nitrogens with one attached hydrogen (secondary N) is 1. The van der Waals surface area contributed by atoms with Gasteiger partial charge in [0.2, 0.25) is 11.8 Å². The number of primary amides is 1. The molecule has 0 aliphatic carbocycles. The molecule has 0 saturated heterocycles. The molecule has 2 unspecified atom stereocenters. The highest BCUT2D eigenvalue weighted by atomic mass is 16.2. The largest absolute Gasteiger partial charge is 0.370 e. The molecule has 0 aliphatic heterocycles. The fraction of sp³-hybridized carbons (Fsp3) is 0.778. The topological polar surface area (TPSA) is 101 Å². The Morgan fingerprint density at radius 1 is 1.40 bits per heavy atom. The summed E-state index contributed by atoms with van der Waals surface area (Å²) in [7, 11) is 3.83. The normalized spacial score (nSPS) is 14.7. The summed E-state index contributed by atoms with van der Waals surface area (Å²) in [5.41, 5.74) is 10.4. The Kier molecular flexibility index (Phi) is 5.88. The van der Waals surface area contributed by atoms with Gasteiger partial charge in [-0.05, 0) is 21.0 Å². The van der Waals surface area contributed by atoms with Gasteiger partial charge >= 0.3 is 0 Å². The minimum Gasteiger partial charge on any atom is -0.370 e. The number of hydrogen-bond acceptors (Lipinski definition) is 4. The maximum atomic E-state index is 11.3. The van der Waals surface area contributed by atoms with E-state index >= 15 is 0 Å². The second-order valence-corrected chi connectivity index (χ2v) is 3.83. The molecule has 0 aromatic rings. The average Bonchev–Trinajstić information content (AvgIpc) is 2.12. The second kappa shape index (κ2) is 6.36. The van der Waals surface area contributed by atoms with Crippen molar-refractivity contribution in [3.63, 3.8) is 0 Å². The van der Waals surface area contributed by atoms with E-state index in [1.54, 1.807) is 0 Å². The number of nitrogens with two attached hydrogens (primary N) is 2. The minimum atomic E-state index is -0.850. The van der Waals surface area contributed by atoms with E-state index in [0.29, 0.717) is 6.54 Å². The van der Waals surface area contributed by atoms with Crippen molar-refractivity contribution in [1.82, 2.24) is 10.2 Å². The minimum absolute atomic E-state index is 0.123. The molecule has 0 spiro atoms. The highest BCUT2D eigenvalue weighted by molar-refractivity contribution is 5.87. The lowest BCUT2D eigenvalue weighted by Crippen LogP contribution is -2.46. The lowest BCUT2D eigenvalue weighted by molar-refractivity contribution is -0.126. The zero-order valence-electron chi connectivity index (χ0n) is 9.49. The van der Waals surface area contributed by atoms with E-state index in [1.807, 2.05) is 25.9 Å². The number of likely N-dealkylation sites (N-methyl/N-ethyl adjacent to an activating group) is 1. The van der Waals surface area contributed by atoms with Crippen LogP contribution >= 0.6 is 0 Å². The van der Waals surface area contributed by atoms with E-state index in [4.69, 9.17) is 11.5 Å². The lowest BCUT2D eigenvalue weighted by atomic mass is 10.2. The van der Waals surface area contributed by atoms with Gasteiger partial charge in [-0.3, -0.25) is 9.59 Å². The second-order valence-electron chi connectivity index (χ2n) is 3.83. The van der Waals surface area contributed by atoms with Gasteiger partial charge in [-0.25, -0.2) is 0 Å². The quantitative estimate of drug-likeness (QED) is 0.490. The van der Waals surface area contributed by atoms with Crippen LogP contribution in [0.2, 0.25) is 0 Å². The Morgan fingerprint density at radius 2 is 1.93 bits per heavy atom. The molecule has 6 nitrogen and oxygen atoms in total. The van der Waals surface area contributed by atoms with Crippen LogP contribution in [0.5, 0.6) is 0 Å². The number of carbonyl (C=O) groups is 2. The van der Waals surface area contributed by atoms with Crippen LogP contribution in [0.15, 0.2) is 0 Å². The van der Waals surface area contributed by atoms with Crippen LogP contribution in [0.4, 0.5) is 0 Å². The summed E-state index contributed by atoms with van der Waals surface area (Å²) < 4.78 is 0. The first-order chi connectivity index (χ1) is 6.84. The van der Waals surface area contributed by atoms with Crippen molar-refractivity contribution in [2.45, 2.75) is 25.4 Å². The van der Waals surface area contributed by atoms with Gasteiger partial charge in [0, 0.05) is 12.6 Å². The van der Waals surface area contributed by atoms with E-state index < -0.39 is 11.9 Å². The Balaban J connectivity index is 3.88. The van der Waals surface area contributed by atoms with E-state index in [-0.39, 0.29) is 18.4 Å². The molecule has 0 rings (SSSR count). The summed E-state index contributed by atoms with van der Waals surface area (Å²) in [5.74, 6) is -0.916. The maximum absolute atomic E-state index is 11.3. The molecule has 5 N–H and O–H groups in total. The van der Waals surface area contributed by atoms with Gasteiger partial charge in [-0.2, -0.15) is 0 Å². The monoisotopic (exact) mass is 216 g/mol. The van der Waals surface area contributed by atoms with Gasteiger partial charge in [0.25, 0.3) is 0 Å². The Bertz CT molecular complexity index is 230. The van der Waals surface area contributed by atoms with Crippen LogP contribution in [0.3, 0.4) is 0 Å². The first-order valence-electron chi connectivity index (χ1n) is 4.82. The van der Waals surface area contributed by atoms with Gasteiger partial charge in [-0.15, -0.1) is 0 Å². The van der Waals surface area contributed by atoms with Crippen molar-refractivity contribution in [3.8, 4) is 0 Å². The number of nitrogens with zero attached hydrogens (tertiary/aromatic N) is 1. The number of amides is 2. The first kappa shape index (κ1) is 13.9. The van der Waals surface area contributed by atoms with E-state index in [1.165, 1.54) is 0 Å². The molecule has 2 atom stereocenters. The smallest absolute Gasteiger partial charge is 0.237 e. The van der Waals surface area contributed by atoms with Crippen molar-refractivity contribution in [2.24, 2.45) is 11.5 Å². The molecule has 0 radical (unpaired) electrons. The molecule has 2 amide bonds. The van der Waals surface area contributed by atoms with E-state index in [2.05, 4.69) is 5.32 Å². The summed E-state index contributed by atoms with van der Waals surface area (Å²) in [6.45, 7) is 2.47. The standard InChI is InChI=1S/C9H20N4O2/c1-6(13(2)3)5-12-9(15)7(10)4-8(11)14/h6-7H,4-5,10H2,1-3H3,(H2,11,14)(H,12,15). The third-order valence-electron chi connectivity index (χ3n) is 2.21. The predicted octanol–water partition coefficient (Wildman–Crippen LogP) is -1.74. The molecule has 0 aromatic carbocycles. The molecular weight excluding hydrogens is 196 g/mol. The Morgan fingerprint density at radius 3 is 2.33 bits per heavy atom. The first-order valence-corrected chi connectivity index (χ1v) is 4.82. The fourth-order valence-electron chi connectivity index (χ4n) is 0.871. The average molecular weight is 216 g/mol. The van der Waals surface area contributed by atoms with Crippen LogP contribution in [0.1, 0.15) is 13.3 Å². The molecule has 88 valence electrons. The molecular formula is C9H20N4O2. The zero-order valence-corrected chi connectivity index (χ0v) is 9.49. The highest BCUT2D eigenvalue weighted by Crippen LogP contribution is 1.91. The third kappa shape index (κ3) is 6.03. The zero-order chi connectivity index (χ0) is 12.0. The van der Waals surface area contributed by atoms with Crippen molar-refractivity contribution < 1.29 is 9.59 Å². The number of hydrogen-bond donors (Lipinski definition) is 3. The molecule has 0 aliphatic rings. The van der Waals surface area contributed by atoms with Crippen LogP contribution in [0, 0.1) is 0 Å². The van der Waals surface area contributed by atoms with Crippen LogP contribution in [-0.2, 0) is 9.59 Å². The predicted molar refractivity (Wildman–Crippen MR) is 57.9 cm³/mol. The van der Waals surface area contributed by atoms with Crippen LogP contribution in [0.25, 0.3) is 0 Å². The number of rotatable bonds is 6. The van der Waals surface area contributed by atoms with Crippen molar-refractivity contribution in [3.05, 3.63) is 0 Å². The lowest BCUT2D eigenvalue weighted by Gasteiger charge is -2.20. The van der Waals surface area contributed by atoms with Crippen molar-refractivity contribution in [2.75, 3.05) is 20.6 Å². The fourth-order valence-corrected chi connectivity index (χ4v) is 0.871. The summed E-state index contributed by atoms with van der Waals surface area (Å²) in [6.07, 6.45) is -0.123. The summed E-state index contributed by atoms with van der Waals surface area (Å²) >= 11 is 0. The molecule has 0 fully saturated rings.